The van der Waals surface area contributed by atoms with E-state index in [9.17, 15) is 0 Å². The third-order valence-corrected chi connectivity index (χ3v) is 4.84. The molecule has 8 heteroatoms. The van der Waals surface area contributed by atoms with Crippen molar-refractivity contribution in [2.45, 2.75) is 20.4 Å². The van der Waals surface area contributed by atoms with Crippen molar-refractivity contribution in [2.75, 3.05) is 31.1 Å². The smallest absolute Gasteiger partial charge is 0.158 e. The van der Waals surface area contributed by atoms with Gasteiger partial charge < -0.3 is 4.90 Å². The zero-order chi connectivity index (χ0) is 18.1. The van der Waals surface area contributed by atoms with Crippen LogP contribution in [0.1, 0.15) is 17.1 Å². The molecule has 0 amide bonds. The Morgan fingerprint density at radius 2 is 1.73 bits per heavy atom. The Morgan fingerprint density at radius 1 is 0.962 bits per heavy atom. The van der Waals surface area contributed by atoms with Gasteiger partial charge in [-0.2, -0.15) is 10.2 Å². The van der Waals surface area contributed by atoms with Crippen LogP contribution in [0.4, 0.5) is 5.82 Å². The molecule has 8 nitrogen and oxygen atoms in total. The number of piperazine rings is 1. The minimum absolute atomic E-state index is 0.800. The summed E-state index contributed by atoms with van der Waals surface area (Å²) in [5, 5.41) is 8.99. The molecule has 1 fully saturated rings. The predicted octanol–water partition coefficient (Wildman–Crippen LogP) is 1.33. The number of rotatable bonds is 4. The minimum Gasteiger partial charge on any atom is -0.354 e. The predicted molar refractivity (Wildman–Crippen MR) is 99.3 cm³/mol. The Hall–Kier alpha value is -2.74. The van der Waals surface area contributed by atoms with E-state index in [4.69, 9.17) is 0 Å². The third kappa shape index (κ3) is 3.45. The van der Waals surface area contributed by atoms with Crippen molar-refractivity contribution < 1.29 is 0 Å². The number of aryl methyl sites for hydroxylation is 3. The molecule has 3 aromatic rings. The molecule has 1 saturated heterocycles. The fraction of sp³-hybridized carbons (Fsp3) is 0.444. The van der Waals surface area contributed by atoms with E-state index in [0.29, 0.717) is 0 Å². The van der Waals surface area contributed by atoms with Crippen molar-refractivity contribution >= 4 is 5.82 Å². The molecule has 0 unspecified atom stereocenters. The Balaban J connectivity index is 1.40. The molecular weight excluding hydrogens is 328 g/mol. The molecule has 0 bridgehead atoms. The molecule has 4 heterocycles. The van der Waals surface area contributed by atoms with Gasteiger partial charge in [-0.15, -0.1) is 0 Å². The zero-order valence-electron chi connectivity index (χ0n) is 15.5. The van der Waals surface area contributed by atoms with Gasteiger partial charge in [0.2, 0.25) is 0 Å². The highest BCUT2D eigenvalue weighted by molar-refractivity contribution is 5.43. The maximum Gasteiger partial charge on any atom is 0.158 e. The standard InChI is InChI=1S/C18H24N8/c1-14-4-5-26(21-14)18-11-17(19-13-20-18)25-8-6-24(7-9-25)12-16-10-15(2)23(3)22-16/h4-5,10-11,13H,6-9,12H2,1-3H3. The molecule has 0 saturated carbocycles. The van der Waals surface area contributed by atoms with Crippen LogP contribution in [-0.2, 0) is 13.6 Å². The lowest BCUT2D eigenvalue weighted by atomic mass is 10.2. The lowest BCUT2D eigenvalue weighted by Gasteiger charge is -2.35. The Bertz CT molecular complexity index is 869. The summed E-state index contributed by atoms with van der Waals surface area (Å²) in [5.74, 6) is 1.76. The number of aromatic nitrogens is 6. The van der Waals surface area contributed by atoms with Gasteiger partial charge in [0, 0.05) is 57.7 Å². The van der Waals surface area contributed by atoms with Gasteiger partial charge in [-0.3, -0.25) is 9.58 Å². The van der Waals surface area contributed by atoms with Gasteiger partial charge in [0.1, 0.15) is 12.1 Å². The molecule has 1 aliphatic heterocycles. The second-order valence-corrected chi connectivity index (χ2v) is 6.80. The molecule has 3 aromatic heterocycles. The number of hydrogen-bond donors (Lipinski definition) is 0. The fourth-order valence-corrected chi connectivity index (χ4v) is 3.25. The maximum atomic E-state index is 4.56. The summed E-state index contributed by atoms with van der Waals surface area (Å²) in [7, 11) is 1.99. The molecule has 0 atom stereocenters. The van der Waals surface area contributed by atoms with Crippen molar-refractivity contribution in [3.63, 3.8) is 0 Å². The Labute approximate surface area is 153 Å². The lowest BCUT2D eigenvalue weighted by Crippen LogP contribution is -2.46. The van der Waals surface area contributed by atoms with Gasteiger partial charge in [-0.05, 0) is 26.0 Å². The molecule has 0 N–H and O–H groups in total. The van der Waals surface area contributed by atoms with E-state index in [1.165, 1.54) is 5.69 Å². The van der Waals surface area contributed by atoms with E-state index in [2.05, 4.69) is 43.0 Å². The lowest BCUT2D eigenvalue weighted by molar-refractivity contribution is 0.246. The van der Waals surface area contributed by atoms with Crippen molar-refractivity contribution in [2.24, 2.45) is 7.05 Å². The van der Waals surface area contributed by atoms with Gasteiger partial charge in [0.05, 0.1) is 11.4 Å². The molecule has 0 spiro atoms. The first kappa shape index (κ1) is 16.7. The number of anilines is 1. The summed E-state index contributed by atoms with van der Waals surface area (Å²) in [6.07, 6.45) is 3.54. The van der Waals surface area contributed by atoms with Crippen molar-refractivity contribution in [3.05, 3.63) is 47.8 Å². The van der Waals surface area contributed by atoms with Gasteiger partial charge in [0.25, 0.3) is 0 Å². The normalized spacial score (nSPS) is 15.6. The average Bonchev–Trinajstić information content (AvgIpc) is 3.21. The molecular formula is C18H24N8. The van der Waals surface area contributed by atoms with E-state index in [-0.39, 0.29) is 0 Å². The van der Waals surface area contributed by atoms with Crippen LogP contribution in [0.15, 0.2) is 30.7 Å². The largest absolute Gasteiger partial charge is 0.354 e. The van der Waals surface area contributed by atoms with E-state index in [1.54, 1.807) is 11.0 Å². The third-order valence-electron chi connectivity index (χ3n) is 4.84. The molecule has 0 aliphatic carbocycles. The molecule has 0 radical (unpaired) electrons. The van der Waals surface area contributed by atoms with Crippen molar-refractivity contribution in [3.8, 4) is 5.82 Å². The number of nitrogens with zero attached hydrogens (tertiary/aromatic N) is 8. The van der Waals surface area contributed by atoms with Crippen LogP contribution in [0.25, 0.3) is 5.82 Å². The topological polar surface area (TPSA) is 67.9 Å². The summed E-state index contributed by atoms with van der Waals surface area (Å²) in [6.45, 7) is 8.84. The molecule has 0 aromatic carbocycles. The maximum absolute atomic E-state index is 4.56. The first-order valence-corrected chi connectivity index (χ1v) is 8.90. The highest BCUT2D eigenvalue weighted by Crippen LogP contribution is 2.17. The summed E-state index contributed by atoms with van der Waals surface area (Å²) in [5.41, 5.74) is 3.31. The van der Waals surface area contributed by atoms with Crippen LogP contribution < -0.4 is 4.90 Å². The summed E-state index contributed by atoms with van der Waals surface area (Å²) in [4.78, 5) is 13.5. The van der Waals surface area contributed by atoms with E-state index in [0.717, 1.165) is 55.7 Å². The molecule has 1 aliphatic rings. The van der Waals surface area contributed by atoms with E-state index in [1.807, 2.05) is 37.0 Å². The quantitative estimate of drug-likeness (QED) is 0.706. The summed E-state index contributed by atoms with van der Waals surface area (Å²) < 4.78 is 3.73. The fourth-order valence-electron chi connectivity index (χ4n) is 3.25. The second-order valence-electron chi connectivity index (χ2n) is 6.80. The van der Waals surface area contributed by atoms with E-state index < -0.39 is 0 Å². The Kier molecular flexibility index (Phi) is 4.42. The van der Waals surface area contributed by atoms with Gasteiger partial charge in [0.15, 0.2) is 5.82 Å². The zero-order valence-corrected chi connectivity index (χ0v) is 15.5. The first-order chi connectivity index (χ1) is 12.6. The highest BCUT2D eigenvalue weighted by atomic mass is 15.3. The monoisotopic (exact) mass is 352 g/mol. The van der Waals surface area contributed by atoms with Gasteiger partial charge in [-0.25, -0.2) is 14.6 Å². The SMILES string of the molecule is Cc1ccn(-c2cc(N3CCN(Cc4cc(C)n(C)n4)CC3)ncn2)n1. The van der Waals surface area contributed by atoms with Crippen LogP contribution in [0, 0.1) is 13.8 Å². The minimum atomic E-state index is 0.800. The molecule has 26 heavy (non-hydrogen) atoms. The van der Waals surface area contributed by atoms with E-state index >= 15 is 0 Å². The second kappa shape index (κ2) is 6.87. The van der Waals surface area contributed by atoms with Crippen molar-refractivity contribution in [1.82, 2.24) is 34.4 Å². The summed E-state index contributed by atoms with van der Waals surface area (Å²) in [6, 6.07) is 6.14. The highest BCUT2D eigenvalue weighted by Gasteiger charge is 2.19. The summed E-state index contributed by atoms with van der Waals surface area (Å²) >= 11 is 0. The first-order valence-electron chi connectivity index (χ1n) is 8.90. The van der Waals surface area contributed by atoms with Crippen LogP contribution in [0.2, 0.25) is 0 Å². The Morgan fingerprint density at radius 3 is 2.38 bits per heavy atom. The van der Waals surface area contributed by atoms with Gasteiger partial charge in [-0.1, -0.05) is 0 Å². The average molecular weight is 352 g/mol. The molecule has 4 rings (SSSR count). The molecule has 136 valence electrons. The van der Waals surface area contributed by atoms with Crippen LogP contribution in [-0.4, -0.2) is 60.6 Å². The van der Waals surface area contributed by atoms with Crippen molar-refractivity contribution in [1.29, 1.82) is 0 Å². The van der Waals surface area contributed by atoms with Gasteiger partial charge >= 0.3 is 0 Å². The van der Waals surface area contributed by atoms with Crippen LogP contribution in [0.5, 0.6) is 0 Å². The van der Waals surface area contributed by atoms with Crippen LogP contribution in [0.3, 0.4) is 0 Å². The number of hydrogen-bond acceptors (Lipinski definition) is 6. The van der Waals surface area contributed by atoms with Crippen LogP contribution >= 0.6 is 0 Å².